The molecule has 0 nitrogen and oxygen atoms in total. The molecule has 0 saturated heterocycles. The van der Waals surface area contributed by atoms with Gasteiger partial charge in [0, 0.05) is 5.56 Å². The highest BCUT2D eigenvalue weighted by molar-refractivity contribution is 5.48. The van der Waals surface area contributed by atoms with E-state index in [9.17, 15) is 8.78 Å². The quantitative estimate of drug-likeness (QED) is 0.721. The molecule has 2 rings (SSSR count). The van der Waals surface area contributed by atoms with E-state index in [1.54, 1.807) is 0 Å². The highest BCUT2D eigenvalue weighted by Gasteiger charge is 2.09. The Bertz CT molecular complexity index is 753. The maximum absolute atomic E-state index is 14.0. The largest absolute Gasteiger partial charge is 0.206 e. The number of benzene rings is 2. The van der Waals surface area contributed by atoms with Crippen LogP contribution in [0, 0.1) is 35.8 Å². The molecule has 22 heavy (non-hydrogen) atoms. The molecule has 0 spiro atoms. The van der Waals surface area contributed by atoms with E-state index in [1.165, 1.54) is 11.6 Å². The number of unbranched alkanes of at least 4 members (excludes halogenated alkanes) is 1. The van der Waals surface area contributed by atoms with Crippen LogP contribution in [0.5, 0.6) is 0 Å². The van der Waals surface area contributed by atoms with Crippen molar-refractivity contribution < 1.29 is 8.78 Å². The summed E-state index contributed by atoms with van der Waals surface area (Å²) in [5.41, 5.74) is 1.77. The van der Waals surface area contributed by atoms with Crippen molar-refractivity contribution in [1.29, 1.82) is 0 Å². The molecule has 0 fully saturated rings. The minimum Gasteiger partial charge on any atom is -0.206 e. The summed E-state index contributed by atoms with van der Waals surface area (Å²) in [7, 11) is 0. The number of halogens is 2. The minimum atomic E-state index is -0.783. The predicted octanol–water partition coefficient (Wildman–Crippen LogP) is 4.69. The first-order chi connectivity index (χ1) is 10.7. The average molecular weight is 294 g/mol. The van der Waals surface area contributed by atoms with Gasteiger partial charge in [-0.1, -0.05) is 43.2 Å². The summed E-state index contributed by atoms with van der Waals surface area (Å²) in [6.45, 7) is 2.15. The van der Waals surface area contributed by atoms with E-state index in [1.807, 2.05) is 30.2 Å². The molecule has 0 bridgehead atoms. The maximum Gasteiger partial charge on any atom is 0.157 e. The Balaban J connectivity index is 2.22. The number of aryl methyl sites for hydroxylation is 1. The van der Waals surface area contributed by atoms with Gasteiger partial charge in [-0.15, -0.1) is 6.42 Å². The van der Waals surface area contributed by atoms with Gasteiger partial charge in [0.1, 0.15) is 5.82 Å². The number of hydrogen-bond donors (Lipinski definition) is 0. The van der Waals surface area contributed by atoms with Crippen molar-refractivity contribution in [2.24, 2.45) is 0 Å². The second-order valence-corrected chi connectivity index (χ2v) is 4.98. The van der Waals surface area contributed by atoms with Gasteiger partial charge >= 0.3 is 0 Å². The van der Waals surface area contributed by atoms with Gasteiger partial charge in [0.2, 0.25) is 0 Å². The molecular weight excluding hydrogens is 278 g/mol. The fourth-order valence-electron chi connectivity index (χ4n) is 2.06. The molecule has 0 aliphatic heterocycles. The van der Waals surface area contributed by atoms with E-state index < -0.39 is 11.6 Å². The van der Waals surface area contributed by atoms with Crippen molar-refractivity contribution in [2.75, 3.05) is 0 Å². The van der Waals surface area contributed by atoms with Crippen molar-refractivity contribution in [1.82, 2.24) is 0 Å². The molecule has 0 aliphatic carbocycles. The van der Waals surface area contributed by atoms with Crippen LogP contribution in [0.15, 0.2) is 36.4 Å². The first-order valence-electron chi connectivity index (χ1n) is 7.21. The molecule has 2 heteroatoms. The third-order valence-electron chi connectivity index (χ3n) is 3.35. The van der Waals surface area contributed by atoms with Crippen LogP contribution in [0.4, 0.5) is 8.78 Å². The third kappa shape index (κ3) is 3.74. The summed E-state index contributed by atoms with van der Waals surface area (Å²) in [6, 6.07) is 10.3. The lowest BCUT2D eigenvalue weighted by molar-refractivity contribution is 0.575. The molecule has 2 aromatic carbocycles. The summed E-state index contributed by atoms with van der Waals surface area (Å²) in [4.78, 5) is 0. The Morgan fingerprint density at radius 2 is 1.73 bits per heavy atom. The second-order valence-electron chi connectivity index (χ2n) is 4.98. The SMILES string of the molecule is C#Cc1c(F)ccc(C#Cc2ccc(CCCC)cc2)c1F. The molecule has 0 aromatic heterocycles. The minimum absolute atomic E-state index is 0.101. The molecule has 2 aromatic rings. The zero-order chi connectivity index (χ0) is 15.9. The van der Waals surface area contributed by atoms with Crippen molar-refractivity contribution in [3.63, 3.8) is 0 Å². The Morgan fingerprint density at radius 1 is 1.00 bits per heavy atom. The zero-order valence-electron chi connectivity index (χ0n) is 12.4. The normalized spacial score (nSPS) is 9.73. The number of rotatable bonds is 3. The highest BCUT2D eigenvalue weighted by atomic mass is 19.1. The van der Waals surface area contributed by atoms with Gasteiger partial charge in [-0.25, -0.2) is 8.78 Å². The summed E-state index contributed by atoms with van der Waals surface area (Å²) in [6.07, 6.45) is 8.46. The summed E-state index contributed by atoms with van der Waals surface area (Å²) in [5, 5.41) is 0. The summed E-state index contributed by atoms with van der Waals surface area (Å²) < 4.78 is 27.3. The Hall–Kier alpha value is -2.58. The monoisotopic (exact) mass is 294 g/mol. The van der Waals surface area contributed by atoms with E-state index in [2.05, 4.69) is 18.8 Å². The van der Waals surface area contributed by atoms with Crippen LogP contribution in [0.25, 0.3) is 0 Å². The Morgan fingerprint density at radius 3 is 2.36 bits per heavy atom. The van der Waals surface area contributed by atoms with Crippen LogP contribution in [0.2, 0.25) is 0 Å². The molecular formula is C20H16F2. The molecule has 110 valence electrons. The van der Waals surface area contributed by atoms with Gasteiger partial charge < -0.3 is 0 Å². The highest BCUT2D eigenvalue weighted by Crippen LogP contribution is 2.15. The molecule has 0 aliphatic rings. The van der Waals surface area contributed by atoms with Crippen molar-refractivity contribution in [3.05, 3.63) is 70.3 Å². The lowest BCUT2D eigenvalue weighted by Crippen LogP contribution is -1.94. The van der Waals surface area contributed by atoms with E-state index >= 15 is 0 Å². The second kappa shape index (κ2) is 7.43. The predicted molar refractivity (Wildman–Crippen MR) is 85.3 cm³/mol. The summed E-state index contributed by atoms with van der Waals surface area (Å²) in [5.74, 6) is 6.07. The smallest absolute Gasteiger partial charge is 0.157 e. The van der Waals surface area contributed by atoms with E-state index in [0.717, 1.165) is 30.9 Å². The van der Waals surface area contributed by atoms with E-state index in [4.69, 9.17) is 6.42 Å². The molecule has 0 saturated carbocycles. The molecule has 0 N–H and O–H groups in total. The van der Waals surface area contributed by atoms with Crippen molar-refractivity contribution in [3.8, 4) is 24.2 Å². The molecule has 0 radical (unpaired) electrons. The van der Waals surface area contributed by atoms with Crippen LogP contribution in [0.3, 0.4) is 0 Å². The lowest BCUT2D eigenvalue weighted by Gasteiger charge is -2.00. The van der Waals surface area contributed by atoms with Crippen molar-refractivity contribution in [2.45, 2.75) is 26.2 Å². The van der Waals surface area contributed by atoms with Gasteiger partial charge in [-0.2, -0.15) is 0 Å². The maximum atomic E-state index is 14.0. The van der Waals surface area contributed by atoms with Crippen LogP contribution in [-0.2, 0) is 6.42 Å². The van der Waals surface area contributed by atoms with Crippen LogP contribution >= 0.6 is 0 Å². The lowest BCUT2D eigenvalue weighted by atomic mass is 10.1. The Kier molecular flexibility index (Phi) is 5.34. The first-order valence-corrected chi connectivity index (χ1v) is 7.21. The van der Waals surface area contributed by atoms with Crippen molar-refractivity contribution >= 4 is 0 Å². The number of terminal acetylenes is 1. The molecule has 0 unspecified atom stereocenters. The first kappa shape index (κ1) is 15.8. The van der Waals surface area contributed by atoms with E-state index in [0.29, 0.717) is 0 Å². The topological polar surface area (TPSA) is 0 Å². The van der Waals surface area contributed by atoms with Gasteiger partial charge in [0.15, 0.2) is 5.82 Å². The molecule has 0 atom stereocenters. The van der Waals surface area contributed by atoms with E-state index in [-0.39, 0.29) is 11.1 Å². The standard InChI is InChI=1S/C20H16F2/c1-3-5-6-15-7-9-16(10-8-15)11-12-17-13-14-19(21)18(4-2)20(17)22/h2,7-10,13-14H,3,5-6H2,1H3. The Labute approximate surface area is 130 Å². The zero-order valence-corrected chi connectivity index (χ0v) is 12.4. The molecule has 0 amide bonds. The number of hydrogen-bond acceptors (Lipinski definition) is 0. The van der Waals surface area contributed by atoms with Crippen LogP contribution in [0.1, 0.15) is 42.0 Å². The fraction of sp³-hybridized carbons (Fsp3) is 0.200. The molecule has 0 heterocycles. The van der Waals surface area contributed by atoms with Gasteiger partial charge in [-0.3, -0.25) is 0 Å². The van der Waals surface area contributed by atoms with Gasteiger partial charge in [0.25, 0.3) is 0 Å². The fourth-order valence-corrected chi connectivity index (χ4v) is 2.06. The van der Waals surface area contributed by atoms with Gasteiger partial charge in [-0.05, 0) is 42.7 Å². The third-order valence-corrected chi connectivity index (χ3v) is 3.35. The van der Waals surface area contributed by atoms with Crippen LogP contribution < -0.4 is 0 Å². The average Bonchev–Trinajstić information content (AvgIpc) is 2.54. The van der Waals surface area contributed by atoms with Gasteiger partial charge in [0.05, 0.1) is 11.1 Å². The summed E-state index contributed by atoms with van der Waals surface area (Å²) >= 11 is 0. The van der Waals surface area contributed by atoms with Crippen LogP contribution in [-0.4, -0.2) is 0 Å².